The van der Waals surface area contributed by atoms with E-state index in [2.05, 4.69) is 16.0 Å². The van der Waals surface area contributed by atoms with Crippen molar-refractivity contribution in [2.24, 2.45) is 23.5 Å². The Kier molecular flexibility index (Phi) is 15.6. The van der Waals surface area contributed by atoms with E-state index in [4.69, 9.17) is 19.6 Å². The second-order valence-corrected chi connectivity index (χ2v) is 23.7. The minimum absolute atomic E-state index is 0.210. The molecule has 0 bridgehead atoms. The third kappa shape index (κ3) is 10.7. The van der Waals surface area contributed by atoms with Crippen LogP contribution in [0.5, 0.6) is 0 Å². The van der Waals surface area contributed by atoms with Gasteiger partial charge in [-0.3, -0.25) is 33.8 Å². The van der Waals surface area contributed by atoms with Gasteiger partial charge in [0.15, 0.2) is 14.4 Å². The molecule has 56 heavy (non-hydrogen) atoms. The topological polar surface area (TPSA) is 219 Å². The van der Waals surface area contributed by atoms with Gasteiger partial charge in [-0.15, -0.1) is 0 Å². The van der Waals surface area contributed by atoms with Crippen LogP contribution in [0.15, 0.2) is 0 Å². The lowest BCUT2D eigenvalue weighted by molar-refractivity contribution is -0.156. The van der Waals surface area contributed by atoms with Crippen molar-refractivity contribution in [1.82, 2.24) is 25.8 Å². The average molecular weight is 813 g/mol. The first-order valence-corrected chi connectivity index (χ1v) is 22.7. The zero-order valence-electron chi connectivity index (χ0n) is 37.0. The summed E-state index contributed by atoms with van der Waals surface area (Å²) in [5.74, 6) is -5.59. The molecule has 0 saturated carbocycles. The number of carboxylic acid groups (broad SMARTS) is 1. The first-order chi connectivity index (χ1) is 25.2. The van der Waals surface area contributed by atoms with E-state index in [0.29, 0.717) is 0 Å². The van der Waals surface area contributed by atoms with Crippen LogP contribution in [0, 0.1) is 17.8 Å². The van der Waals surface area contributed by atoms with E-state index >= 15 is 0 Å². The van der Waals surface area contributed by atoms with Gasteiger partial charge in [0.1, 0.15) is 35.6 Å². The van der Waals surface area contributed by atoms with Crippen molar-refractivity contribution in [2.45, 2.75) is 195 Å². The van der Waals surface area contributed by atoms with Gasteiger partial charge in [0.25, 0.3) is 0 Å². The zero-order valence-corrected chi connectivity index (χ0v) is 38.0. The van der Waals surface area contributed by atoms with Gasteiger partial charge in [0.2, 0.25) is 29.5 Å². The molecule has 2 fully saturated rings. The van der Waals surface area contributed by atoms with Crippen molar-refractivity contribution in [3.63, 3.8) is 0 Å². The van der Waals surface area contributed by atoms with Crippen LogP contribution < -0.4 is 21.7 Å². The molecule has 0 aromatic carbocycles. The molecular weight excluding hydrogens is 741 g/mol. The summed E-state index contributed by atoms with van der Waals surface area (Å²) < 4.78 is 18.5. The fraction of sp³-hybridized carbons (Fsp3) is 0.846. The fourth-order valence-electron chi connectivity index (χ4n) is 7.16. The van der Waals surface area contributed by atoms with E-state index in [1.54, 1.807) is 90.0 Å². The van der Waals surface area contributed by atoms with Crippen LogP contribution in [0.2, 0.25) is 18.1 Å². The predicted molar refractivity (Wildman–Crippen MR) is 214 cm³/mol. The summed E-state index contributed by atoms with van der Waals surface area (Å²) in [6.07, 6.45) is -2.45. The summed E-state index contributed by atoms with van der Waals surface area (Å²) in [6.45, 7) is 32.1. The van der Waals surface area contributed by atoms with Crippen LogP contribution in [-0.4, -0.2) is 125 Å². The Morgan fingerprint density at radius 1 is 0.696 bits per heavy atom. The van der Waals surface area contributed by atoms with Crippen molar-refractivity contribution >= 4 is 43.8 Å². The molecule has 16 nitrogen and oxygen atoms in total. The predicted octanol–water partition coefficient (Wildman–Crippen LogP) is 2.94. The minimum atomic E-state index is -2.41. The Labute approximate surface area is 335 Å². The molecule has 0 spiro atoms. The van der Waals surface area contributed by atoms with E-state index in [1.807, 2.05) is 33.9 Å². The van der Waals surface area contributed by atoms with E-state index in [9.17, 15) is 33.9 Å². The molecule has 2 heterocycles. The first kappa shape index (κ1) is 49.0. The van der Waals surface area contributed by atoms with Gasteiger partial charge in [-0.1, -0.05) is 62.3 Å². The third-order valence-corrected chi connectivity index (χ3v) is 15.9. The lowest BCUT2D eigenvalue weighted by Crippen LogP contribution is -2.65. The second kappa shape index (κ2) is 17.8. The van der Waals surface area contributed by atoms with Crippen LogP contribution in [-0.2, 0) is 42.7 Å². The monoisotopic (exact) mass is 813 g/mol. The quantitative estimate of drug-likeness (QED) is 0.152. The lowest BCUT2D eigenvalue weighted by Gasteiger charge is -2.40. The van der Waals surface area contributed by atoms with Gasteiger partial charge in [-0.05, 0) is 84.4 Å². The molecule has 0 radical (unpaired) electrons. The molecule has 0 unspecified atom stereocenters. The van der Waals surface area contributed by atoms with Gasteiger partial charge in [-0.2, -0.15) is 0 Å². The summed E-state index contributed by atoms with van der Waals surface area (Å²) >= 11 is 0. The maximum absolute atomic E-state index is 14.6. The molecule has 2 aliphatic heterocycles. The molecule has 322 valence electrons. The van der Waals surface area contributed by atoms with Crippen molar-refractivity contribution in [2.75, 3.05) is 0 Å². The summed E-state index contributed by atoms with van der Waals surface area (Å²) in [6, 6.07) is -6.99. The number of nitrogens with two attached hydrogens (primary N) is 1. The number of nitrogens with one attached hydrogen (secondary N) is 3. The van der Waals surface area contributed by atoms with E-state index in [-0.39, 0.29) is 11.0 Å². The van der Waals surface area contributed by atoms with E-state index in [0.717, 1.165) is 0 Å². The highest BCUT2D eigenvalue weighted by Gasteiger charge is 2.56. The van der Waals surface area contributed by atoms with Crippen LogP contribution >= 0.6 is 0 Å². The van der Waals surface area contributed by atoms with Gasteiger partial charge in [0.05, 0.1) is 24.4 Å². The molecule has 6 N–H and O–H groups in total. The average Bonchev–Trinajstić information content (AvgIpc) is 3.42. The number of amides is 5. The second-order valence-electron chi connectivity index (χ2n) is 19.0. The Morgan fingerprint density at radius 3 is 1.45 bits per heavy atom. The summed E-state index contributed by atoms with van der Waals surface area (Å²) in [5.41, 5.74) is 3.76. The van der Waals surface area contributed by atoms with Crippen LogP contribution in [0.4, 0.5) is 0 Å². The highest BCUT2D eigenvalue weighted by Crippen LogP contribution is 2.38. The fourth-order valence-corrected chi connectivity index (χ4v) is 8.58. The van der Waals surface area contributed by atoms with E-state index < -0.39 is 122 Å². The number of carboxylic acids is 1. The first-order valence-electron chi connectivity index (χ1n) is 19.8. The molecule has 0 aliphatic carbocycles. The van der Waals surface area contributed by atoms with Crippen molar-refractivity contribution in [3.8, 4) is 0 Å². The normalized spacial score (nSPS) is 25.1. The number of ether oxygens (including phenoxy) is 2. The van der Waals surface area contributed by atoms with Gasteiger partial charge < -0.3 is 40.7 Å². The summed E-state index contributed by atoms with van der Waals surface area (Å²) in [4.78, 5) is 85.4. The zero-order chi connectivity index (χ0) is 43.8. The van der Waals surface area contributed by atoms with Crippen molar-refractivity contribution < 1.29 is 47.8 Å². The Hall–Kier alpha value is -3.12. The molecule has 2 rings (SSSR count). The number of nitrogens with zero attached hydrogens (tertiary/aromatic N) is 2. The molecular formula is C39H72N6O10Si. The largest absolute Gasteiger partial charge is 0.480 e. The molecule has 17 heteroatoms. The third-order valence-electron chi connectivity index (χ3n) is 11.4. The Morgan fingerprint density at radius 2 is 1.09 bits per heavy atom. The van der Waals surface area contributed by atoms with Crippen LogP contribution in [0.3, 0.4) is 0 Å². The highest BCUT2D eigenvalue weighted by atomic mass is 28.4. The summed E-state index contributed by atoms with van der Waals surface area (Å²) in [7, 11) is -2.41. The smallest absolute Gasteiger partial charge is 0.328 e. The minimum Gasteiger partial charge on any atom is -0.480 e. The standard InChI is InChI=1S/C39H72N6O10Si/c1-19(2)25(40)34(49)44-29(23(8)53-38(44,13)14)33(48)42-27(21(5)6)35(50)45-30(24(9)54-39(45,15)16)32(47)41-26(20(3)4)31(46)43-28(36(51)52)22(7)55-56(17,18)37(10,11)12/h19-30H,40H2,1-18H3,(H,41,47)(H,42,48)(H,43,46)(H,51,52)/t22-,23-,24-,25+,26+,27+,28+,29+,30+/m1/s1. The molecule has 2 aliphatic rings. The SMILES string of the molecule is CC(C)[C@H](N)C(=O)N1[C@H](C(=O)N[C@H](C(=O)N2[C@H](C(=O)N[C@H](C(=O)N[C@H](C(=O)O)[C@@H](C)O[Si](C)(C)C(C)(C)C)C(C)C)[C@@H](C)OC2(C)C)C(C)C)[C@@H](C)OC1(C)C. The number of hydrogen-bond acceptors (Lipinski definition) is 10. The maximum Gasteiger partial charge on any atom is 0.328 e. The molecule has 0 aromatic heterocycles. The van der Waals surface area contributed by atoms with Crippen LogP contribution in [0.1, 0.15) is 111 Å². The Balaban J connectivity index is 2.43. The highest BCUT2D eigenvalue weighted by molar-refractivity contribution is 6.74. The summed E-state index contributed by atoms with van der Waals surface area (Å²) in [5, 5.41) is 18.1. The van der Waals surface area contributed by atoms with Crippen molar-refractivity contribution in [1.29, 1.82) is 0 Å². The number of aliphatic carboxylic acids is 1. The number of carbonyl (C=O) groups excluding carboxylic acids is 5. The number of hydrogen-bond donors (Lipinski definition) is 5. The Bertz CT molecular complexity index is 1480. The molecule has 0 aromatic rings. The molecule has 2 saturated heterocycles. The lowest BCUT2D eigenvalue weighted by atomic mass is 9.97. The van der Waals surface area contributed by atoms with Gasteiger partial charge in [-0.25, -0.2) is 4.79 Å². The molecule has 9 atom stereocenters. The number of rotatable bonds is 15. The van der Waals surface area contributed by atoms with Gasteiger partial charge >= 0.3 is 5.97 Å². The maximum atomic E-state index is 14.6. The van der Waals surface area contributed by atoms with E-state index in [1.165, 1.54) is 9.80 Å². The number of carbonyl (C=O) groups is 6. The van der Waals surface area contributed by atoms with Crippen LogP contribution in [0.25, 0.3) is 0 Å². The van der Waals surface area contributed by atoms with Crippen molar-refractivity contribution in [3.05, 3.63) is 0 Å². The van der Waals surface area contributed by atoms with Gasteiger partial charge in [0, 0.05) is 0 Å². The molecule has 5 amide bonds.